The second-order valence-electron chi connectivity index (χ2n) is 4.50. The van der Waals surface area contributed by atoms with Crippen LogP contribution in [0.15, 0.2) is 54.6 Å². The van der Waals surface area contributed by atoms with Crippen molar-refractivity contribution < 1.29 is 8.78 Å². The summed E-state index contributed by atoms with van der Waals surface area (Å²) in [6.07, 6.45) is 1.42. The molecule has 0 aromatic heterocycles. The Hall–Kier alpha value is -1.96. The first kappa shape index (κ1) is 13.5. The molecule has 0 saturated heterocycles. The smallest absolute Gasteiger partial charge is 0.173 e. The molecule has 0 heterocycles. The molecule has 0 amide bonds. The van der Waals surface area contributed by atoms with E-state index in [9.17, 15) is 8.78 Å². The number of hydrogen-bond acceptors (Lipinski definition) is 0. The van der Waals surface area contributed by atoms with E-state index in [1.165, 1.54) is 5.56 Å². The van der Waals surface area contributed by atoms with E-state index >= 15 is 0 Å². The summed E-state index contributed by atoms with van der Waals surface area (Å²) in [6.45, 7) is 2.16. The zero-order valence-electron chi connectivity index (χ0n) is 10.9. The summed E-state index contributed by atoms with van der Waals surface area (Å²) in [6, 6.07) is 15.5. The van der Waals surface area contributed by atoms with Gasteiger partial charge in [0.25, 0.3) is 6.08 Å². The maximum absolute atomic E-state index is 12.1. The van der Waals surface area contributed by atoms with Gasteiger partial charge < -0.3 is 0 Å². The van der Waals surface area contributed by atoms with Crippen LogP contribution in [0.4, 0.5) is 8.78 Å². The summed E-state index contributed by atoms with van der Waals surface area (Å²) in [5.74, 6) is 0. The van der Waals surface area contributed by atoms with Crippen molar-refractivity contribution in [3.8, 4) is 11.1 Å². The topological polar surface area (TPSA) is 0 Å². The molecule has 0 bridgehead atoms. The van der Waals surface area contributed by atoms with Crippen LogP contribution in [-0.2, 0) is 6.42 Å². The lowest BCUT2D eigenvalue weighted by atomic mass is 10.0. The van der Waals surface area contributed by atoms with Crippen molar-refractivity contribution in [2.45, 2.75) is 19.8 Å². The summed E-state index contributed by atoms with van der Waals surface area (Å²) < 4.78 is 24.2. The van der Waals surface area contributed by atoms with Gasteiger partial charge in [-0.05, 0) is 28.7 Å². The molecule has 2 heteroatoms. The third-order valence-corrected chi connectivity index (χ3v) is 3.01. The minimum Gasteiger partial charge on any atom is -0.173 e. The molecule has 2 aromatic carbocycles. The standard InChI is InChI=1S/C17H16F2/c1-2-3-13-4-8-15(9-5-13)16-10-6-14(7-11-16)12-17(18)19/h4-12H,2-3H2,1H3. The quantitative estimate of drug-likeness (QED) is 0.675. The first-order valence-corrected chi connectivity index (χ1v) is 6.41. The van der Waals surface area contributed by atoms with E-state index in [2.05, 4.69) is 31.2 Å². The molecule has 98 valence electrons. The van der Waals surface area contributed by atoms with Gasteiger partial charge in [0.05, 0.1) is 0 Å². The lowest BCUT2D eigenvalue weighted by Gasteiger charge is -2.04. The van der Waals surface area contributed by atoms with Gasteiger partial charge in [0.1, 0.15) is 0 Å². The van der Waals surface area contributed by atoms with Crippen LogP contribution in [0, 0.1) is 0 Å². The second kappa shape index (κ2) is 6.28. The van der Waals surface area contributed by atoms with Gasteiger partial charge in [0.2, 0.25) is 0 Å². The second-order valence-corrected chi connectivity index (χ2v) is 4.50. The summed E-state index contributed by atoms with van der Waals surface area (Å²) >= 11 is 0. The molecular weight excluding hydrogens is 242 g/mol. The van der Waals surface area contributed by atoms with E-state index in [-0.39, 0.29) is 0 Å². The molecule has 0 nitrogen and oxygen atoms in total. The summed E-state index contributed by atoms with van der Waals surface area (Å²) in [7, 11) is 0. The lowest BCUT2D eigenvalue weighted by molar-refractivity contribution is 0.429. The van der Waals surface area contributed by atoms with Crippen molar-refractivity contribution in [2.24, 2.45) is 0 Å². The minimum atomic E-state index is -1.67. The maximum Gasteiger partial charge on any atom is 0.270 e. The van der Waals surface area contributed by atoms with Crippen LogP contribution >= 0.6 is 0 Å². The fourth-order valence-electron chi connectivity index (χ4n) is 2.05. The monoisotopic (exact) mass is 258 g/mol. The Labute approximate surface area is 112 Å². The predicted molar refractivity (Wildman–Crippen MR) is 76.1 cm³/mol. The van der Waals surface area contributed by atoms with E-state index in [0.29, 0.717) is 5.56 Å². The zero-order valence-corrected chi connectivity index (χ0v) is 10.9. The molecule has 0 aliphatic carbocycles. The van der Waals surface area contributed by atoms with Gasteiger partial charge in [-0.25, -0.2) is 0 Å². The fourth-order valence-corrected chi connectivity index (χ4v) is 2.05. The molecule has 19 heavy (non-hydrogen) atoms. The lowest BCUT2D eigenvalue weighted by Crippen LogP contribution is -1.84. The van der Waals surface area contributed by atoms with E-state index in [0.717, 1.165) is 30.0 Å². The van der Waals surface area contributed by atoms with E-state index in [1.54, 1.807) is 12.1 Å². The Bertz CT molecular complexity index is 547. The van der Waals surface area contributed by atoms with Gasteiger partial charge >= 0.3 is 0 Å². The van der Waals surface area contributed by atoms with Crippen molar-refractivity contribution in [1.82, 2.24) is 0 Å². The number of halogens is 2. The Morgan fingerprint density at radius 3 is 1.89 bits per heavy atom. The molecular formula is C17H16F2. The largest absolute Gasteiger partial charge is 0.270 e. The molecule has 0 radical (unpaired) electrons. The van der Waals surface area contributed by atoms with Gasteiger partial charge in [-0.1, -0.05) is 61.9 Å². The highest BCUT2D eigenvalue weighted by Crippen LogP contribution is 2.21. The molecule has 0 saturated carbocycles. The van der Waals surface area contributed by atoms with Gasteiger partial charge in [-0.3, -0.25) is 0 Å². The Morgan fingerprint density at radius 1 is 0.895 bits per heavy atom. The molecule has 0 spiro atoms. The molecule has 0 fully saturated rings. The molecule has 0 aliphatic heterocycles. The number of benzene rings is 2. The molecule has 2 rings (SSSR count). The normalized spacial score (nSPS) is 10.3. The molecule has 0 aliphatic rings. The van der Waals surface area contributed by atoms with Crippen LogP contribution in [-0.4, -0.2) is 0 Å². The average molecular weight is 258 g/mol. The van der Waals surface area contributed by atoms with Crippen molar-refractivity contribution in [3.05, 3.63) is 65.7 Å². The van der Waals surface area contributed by atoms with Crippen LogP contribution in [0.5, 0.6) is 0 Å². The first-order valence-electron chi connectivity index (χ1n) is 6.41. The molecule has 2 aromatic rings. The maximum atomic E-state index is 12.1. The van der Waals surface area contributed by atoms with Gasteiger partial charge in [-0.15, -0.1) is 0 Å². The van der Waals surface area contributed by atoms with Crippen molar-refractivity contribution in [2.75, 3.05) is 0 Å². The highest BCUT2D eigenvalue weighted by Gasteiger charge is 1.99. The molecule has 0 unspecified atom stereocenters. The van der Waals surface area contributed by atoms with Crippen LogP contribution in [0.25, 0.3) is 17.2 Å². The van der Waals surface area contributed by atoms with E-state index < -0.39 is 6.08 Å². The van der Waals surface area contributed by atoms with Gasteiger partial charge in [0.15, 0.2) is 0 Å². The van der Waals surface area contributed by atoms with E-state index in [4.69, 9.17) is 0 Å². The van der Waals surface area contributed by atoms with Crippen LogP contribution < -0.4 is 0 Å². The van der Waals surface area contributed by atoms with Crippen LogP contribution in [0.2, 0.25) is 0 Å². The summed E-state index contributed by atoms with van der Waals surface area (Å²) in [5.41, 5.74) is 3.99. The third-order valence-electron chi connectivity index (χ3n) is 3.01. The Kier molecular flexibility index (Phi) is 4.45. The average Bonchev–Trinajstić information content (AvgIpc) is 2.40. The number of aryl methyl sites for hydroxylation is 1. The summed E-state index contributed by atoms with van der Waals surface area (Å²) in [5, 5.41) is 0. The highest BCUT2D eigenvalue weighted by molar-refractivity contribution is 5.66. The van der Waals surface area contributed by atoms with Crippen molar-refractivity contribution in [3.63, 3.8) is 0 Å². The van der Waals surface area contributed by atoms with E-state index in [1.807, 2.05) is 12.1 Å². The van der Waals surface area contributed by atoms with Gasteiger partial charge in [-0.2, -0.15) is 8.78 Å². The molecule has 0 N–H and O–H groups in total. The van der Waals surface area contributed by atoms with Gasteiger partial charge in [0, 0.05) is 6.08 Å². The number of hydrogen-bond donors (Lipinski definition) is 0. The summed E-state index contributed by atoms with van der Waals surface area (Å²) in [4.78, 5) is 0. The predicted octanol–water partition coefficient (Wildman–Crippen LogP) is 5.54. The first-order chi connectivity index (χ1) is 9.19. The van der Waals surface area contributed by atoms with Crippen molar-refractivity contribution >= 4 is 6.08 Å². The Balaban J connectivity index is 2.19. The number of rotatable bonds is 4. The highest BCUT2D eigenvalue weighted by atomic mass is 19.3. The third kappa shape index (κ3) is 3.75. The SMILES string of the molecule is CCCc1ccc(-c2ccc(C=C(F)F)cc2)cc1. The minimum absolute atomic E-state index is 0.520. The van der Waals surface area contributed by atoms with Crippen LogP contribution in [0.3, 0.4) is 0 Å². The van der Waals surface area contributed by atoms with Crippen molar-refractivity contribution in [1.29, 1.82) is 0 Å². The zero-order chi connectivity index (χ0) is 13.7. The Morgan fingerprint density at radius 2 is 1.42 bits per heavy atom. The molecule has 0 atom stereocenters. The van der Waals surface area contributed by atoms with Crippen LogP contribution in [0.1, 0.15) is 24.5 Å². The fraction of sp³-hybridized carbons (Fsp3) is 0.176.